The molecule has 33 heavy (non-hydrogen) atoms. The molecule has 4 bridgehead atoms. The molecule has 0 radical (unpaired) electrons. The van der Waals surface area contributed by atoms with Crippen LogP contribution in [0.2, 0.25) is 10.0 Å². The van der Waals surface area contributed by atoms with Gasteiger partial charge in [0.2, 0.25) is 0 Å². The topological polar surface area (TPSA) is 40.6 Å². The molecule has 0 N–H and O–H groups in total. The number of nitrogens with zero attached hydrogens (tertiary/aromatic N) is 2. The summed E-state index contributed by atoms with van der Waals surface area (Å²) in [6, 6.07) is 3.91. The van der Waals surface area contributed by atoms with Crippen LogP contribution in [0.1, 0.15) is 57.9 Å². The fourth-order valence-corrected chi connectivity index (χ4v) is 8.81. The maximum absolute atomic E-state index is 13.3. The zero-order valence-corrected chi connectivity index (χ0v) is 21.6. The van der Waals surface area contributed by atoms with Crippen molar-refractivity contribution in [3.63, 3.8) is 0 Å². The van der Waals surface area contributed by atoms with Crippen LogP contribution < -0.4 is 4.90 Å². The molecule has 1 saturated heterocycles. The highest BCUT2D eigenvalue weighted by molar-refractivity contribution is 6.39. The number of hydrogen-bond donors (Lipinski definition) is 0. The van der Waals surface area contributed by atoms with Crippen molar-refractivity contribution in [2.45, 2.75) is 59.3 Å². The summed E-state index contributed by atoms with van der Waals surface area (Å²) < 4.78 is 0. The van der Waals surface area contributed by atoms with Gasteiger partial charge in [0.1, 0.15) is 11.6 Å². The number of Topliss-reactive ketones (excluding diaryl/α,β-unsaturated/α-hetero) is 2. The van der Waals surface area contributed by atoms with E-state index in [4.69, 9.17) is 23.2 Å². The lowest BCUT2D eigenvalue weighted by Crippen LogP contribution is -2.54. The molecule has 1 aliphatic heterocycles. The monoisotopic (exact) mass is 490 g/mol. The minimum atomic E-state index is -0.0641. The van der Waals surface area contributed by atoms with Crippen LogP contribution in [0.3, 0.4) is 0 Å². The van der Waals surface area contributed by atoms with Crippen LogP contribution in [-0.2, 0) is 9.59 Å². The molecule has 0 amide bonds. The van der Waals surface area contributed by atoms with Gasteiger partial charge in [-0.15, -0.1) is 0 Å². The molecule has 5 aliphatic rings. The molecule has 4 saturated carbocycles. The number of benzene rings is 1. The van der Waals surface area contributed by atoms with E-state index in [9.17, 15) is 9.59 Å². The highest BCUT2D eigenvalue weighted by Gasteiger charge is 2.57. The molecule has 3 atom stereocenters. The van der Waals surface area contributed by atoms with Crippen molar-refractivity contribution in [1.82, 2.24) is 4.90 Å². The molecule has 6 heteroatoms. The lowest BCUT2D eigenvalue weighted by molar-refractivity contribution is -0.150. The second kappa shape index (κ2) is 8.84. The Balaban J connectivity index is 1.24. The van der Waals surface area contributed by atoms with E-state index in [2.05, 4.69) is 16.7 Å². The Hall–Kier alpha value is -1.10. The van der Waals surface area contributed by atoms with Crippen molar-refractivity contribution in [2.24, 2.45) is 35.0 Å². The molecule has 5 fully saturated rings. The molecule has 180 valence electrons. The number of ketones is 2. The van der Waals surface area contributed by atoms with Crippen molar-refractivity contribution in [2.75, 3.05) is 31.2 Å². The second-order valence-corrected chi connectivity index (χ2v) is 12.6. The molecular weight excluding hydrogens is 455 g/mol. The van der Waals surface area contributed by atoms with Gasteiger partial charge in [0, 0.05) is 24.9 Å². The van der Waals surface area contributed by atoms with Gasteiger partial charge in [0.05, 0.1) is 28.9 Å². The van der Waals surface area contributed by atoms with E-state index in [0.29, 0.717) is 70.8 Å². The first-order valence-electron chi connectivity index (χ1n) is 12.6. The highest BCUT2D eigenvalue weighted by Crippen LogP contribution is 2.63. The molecule has 0 spiro atoms. The molecule has 4 nitrogen and oxygen atoms in total. The van der Waals surface area contributed by atoms with Crippen LogP contribution in [0, 0.1) is 41.9 Å². The third-order valence-electron chi connectivity index (χ3n) is 9.03. The lowest BCUT2D eigenvalue weighted by atomic mass is 9.45. The van der Waals surface area contributed by atoms with Crippen LogP contribution >= 0.6 is 23.2 Å². The van der Waals surface area contributed by atoms with E-state index < -0.39 is 0 Å². The molecule has 3 unspecified atom stereocenters. The van der Waals surface area contributed by atoms with Gasteiger partial charge in [-0.1, -0.05) is 30.1 Å². The smallest absolute Gasteiger partial charge is 0.147 e. The van der Waals surface area contributed by atoms with Crippen LogP contribution in [0.15, 0.2) is 12.1 Å². The SMILES string of the molecule is CC(=O)C12CC3CC(C1)C(CC(=O)CN1CC(C)CN(c4c(Cl)cc(C)cc4Cl)C1)C(C3)C2. The lowest BCUT2D eigenvalue weighted by Gasteiger charge is -2.59. The number of carbonyl (C=O) groups excluding carboxylic acids is 2. The van der Waals surface area contributed by atoms with Crippen molar-refractivity contribution in [1.29, 1.82) is 0 Å². The van der Waals surface area contributed by atoms with Crippen molar-refractivity contribution in [3.8, 4) is 0 Å². The average Bonchev–Trinajstić information content (AvgIpc) is 2.69. The Bertz CT molecular complexity index is 924. The summed E-state index contributed by atoms with van der Waals surface area (Å²) in [4.78, 5) is 30.2. The Morgan fingerprint density at radius 3 is 2.30 bits per heavy atom. The largest absolute Gasteiger partial charge is 0.356 e. The molecule has 6 rings (SSSR count). The Morgan fingerprint density at radius 2 is 1.70 bits per heavy atom. The first-order chi connectivity index (χ1) is 15.6. The number of halogens is 2. The van der Waals surface area contributed by atoms with E-state index in [-0.39, 0.29) is 5.41 Å². The van der Waals surface area contributed by atoms with Gasteiger partial charge in [0.15, 0.2) is 0 Å². The van der Waals surface area contributed by atoms with Gasteiger partial charge in [-0.2, -0.15) is 0 Å². The van der Waals surface area contributed by atoms with E-state index in [1.165, 1.54) is 12.8 Å². The Morgan fingerprint density at radius 1 is 1.06 bits per heavy atom. The number of hydrogen-bond acceptors (Lipinski definition) is 4. The minimum absolute atomic E-state index is 0.0641. The van der Waals surface area contributed by atoms with Crippen molar-refractivity contribution in [3.05, 3.63) is 27.7 Å². The summed E-state index contributed by atoms with van der Waals surface area (Å²) in [6.07, 6.45) is 6.26. The quantitative estimate of drug-likeness (QED) is 0.489. The number of anilines is 1. The molecule has 4 aliphatic carbocycles. The normalized spacial score (nSPS) is 35.8. The average molecular weight is 492 g/mol. The Labute approximate surface area is 208 Å². The van der Waals surface area contributed by atoms with E-state index in [0.717, 1.165) is 43.6 Å². The summed E-state index contributed by atoms with van der Waals surface area (Å²) in [5, 5.41) is 1.35. The summed E-state index contributed by atoms with van der Waals surface area (Å²) in [6.45, 7) is 8.96. The summed E-state index contributed by atoms with van der Waals surface area (Å²) in [7, 11) is 0. The minimum Gasteiger partial charge on any atom is -0.356 e. The first-order valence-corrected chi connectivity index (χ1v) is 13.3. The first kappa shape index (κ1) is 23.6. The zero-order valence-electron chi connectivity index (χ0n) is 20.1. The van der Waals surface area contributed by atoms with E-state index in [1.54, 1.807) is 6.92 Å². The predicted octanol–water partition coefficient (Wildman–Crippen LogP) is 6.01. The number of aryl methyl sites for hydroxylation is 1. The molecule has 1 aromatic rings. The summed E-state index contributed by atoms with van der Waals surface area (Å²) in [5.74, 6) is 3.47. The third kappa shape index (κ3) is 4.48. The molecule has 1 aromatic carbocycles. The maximum atomic E-state index is 13.3. The molecular formula is C27H36Cl2N2O2. The maximum Gasteiger partial charge on any atom is 0.147 e. The standard InChI is InChI=1S/C27H36Cl2N2O2/c1-16-4-24(28)26(25(29)5-16)31-13-17(2)12-30(15-31)14-22(33)8-23-20-6-19-7-21(23)11-27(9-19,10-20)18(3)32/h4-5,17,19-21,23H,6-15H2,1-3H3. The number of rotatable bonds is 6. The van der Waals surface area contributed by atoms with Crippen molar-refractivity contribution < 1.29 is 9.59 Å². The van der Waals surface area contributed by atoms with Crippen LogP contribution in [0.5, 0.6) is 0 Å². The fraction of sp³-hybridized carbons (Fsp3) is 0.704. The van der Waals surface area contributed by atoms with Gasteiger partial charge in [-0.05, 0) is 93.2 Å². The van der Waals surface area contributed by atoms with Gasteiger partial charge < -0.3 is 4.90 Å². The van der Waals surface area contributed by atoms with E-state index in [1.807, 2.05) is 19.1 Å². The highest BCUT2D eigenvalue weighted by atomic mass is 35.5. The zero-order chi connectivity index (χ0) is 23.5. The predicted molar refractivity (Wildman–Crippen MR) is 134 cm³/mol. The fourth-order valence-electron chi connectivity index (χ4n) is 7.97. The summed E-state index contributed by atoms with van der Waals surface area (Å²) in [5.41, 5.74) is 1.86. The van der Waals surface area contributed by atoms with Gasteiger partial charge in [0.25, 0.3) is 0 Å². The molecule has 0 aromatic heterocycles. The van der Waals surface area contributed by atoms with Gasteiger partial charge in [-0.3, -0.25) is 14.5 Å². The number of carbonyl (C=O) groups is 2. The van der Waals surface area contributed by atoms with Crippen LogP contribution in [0.4, 0.5) is 5.69 Å². The van der Waals surface area contributed by atoms with Crippen LogP contribution in [-0.4, -0.2) is 42.8 Å². The van der Waals surface area contributed by atoms with Crippen LogP contribution in [0.25, 0.3) is 0 Å². The second-order valence-electron chi connectivity index (χ2n) is 11.8. The van der Waals surface area contributed by atoms with Gasteiger partial charge >= 0.3 is 0 Å². The third-order valence-corrected chi connectivity index (χ3v) is 9.60. The van der Waals surface area contributed by atoms with Crippen molar-refractivity contribution >= 4 is 40.5 Å². The molecule has 1 heterocycles. The summed E-state index contributed by atoms with van der Waals surface area (Å²) >= 11 is 13.1. The van der Waals surface area contributed by atoms with E-state index >= 15 is 0 Å². The Kier molecular flexibility index (Phi) is 6.33. The van der Waals surface area contributed by atoms with Gasteiger partial charge in [-0.25, -0.2) is 0 Å².